The third kappa shape index (κ3) is 3.51. The van der Waals surface area contributed by atoms with E-state index in [0.717, 1.165) is 30.2 Å². The number of nitrogens with one attached hydrogen (secondary N) is 1. The lowest BCUT2D eigenvalue weighted by atomic mass is 10.1. The second-order valence-corrected chi connectivity index (χ2v) is 5.32. The lowest BCUT2D eigenvalue weighted by molar-refractivity contribution is 0.411. The topological polar surface area (TPSA) is 52.0 Å². The molecular formula is C18H20N4O. The Morgan fingerprint density at radius 2 is 1.87 bits per heavy atom. The van der Waals surface area contributed by atoms with E-state index in [-0.39, 0.29) is 0 Å². The van der Waals surface area contributed by atoms with Crippen molar-refractivity contribution in [1.82, 2.24) is 15.0 Å². The molecule has 1 heterocycles. The first kappa shape index (κ1) is 15.1. The number of benzene rings is 2. The van der Waals surface area contributed by atoms with Gasteiger partial charge in [0.05, 0.1) is 13.3 Å². The van der Waals surface area contributed by atoms with E-state index in [1.54, 1.807) is 11.8 Å². The highest BCUT2D eigenvalue weighted by molar-refractivity contribution is 5.47. The fraction of sp³-hybridized carbons (Fsp3) is 0.222. The molecule has 0 radical (unpaired) electrons. The number of aromatic nitrogens is 3. The third-order valence-electron chi connectivity index (χ3n) is 3.79. The highest BCUT2D eigenvalue weighted by atomic mass is 16.5. The van der Waals surface area contributed by atoms with Gasteiger partial charge in [-0.15, -0.1) is 5.10 Å². The molecule has 0 aliphatic carbocycles. The van der Waals surface area contributed by atoms with Crippen molar-refractivity contribution in [2.24, 2.45) is 0 Å². The van der Waals surface area contributed by atoms with Crippen LogP contribution in [0, 0.1) is 6.92 Å². The molecule has 0 unspecified atom stereocenters. The molecule has 23 heavy (non-hydrogen) atoms. The van der Waals surface area contributed by atoms with Gasteiger partial charge in [0, 0.05) is 6.54 Å². The Bertz CT molecular complexity index is 782. The second kappa shape index (κ2) is 6.96. The summed E-state index contributed by atoms with van der Waals surface area (Å²) in [5.41, 5.74) is 3.53. The Kier molecular flexibility index (Phi) is 4.57. The van der Waals surface area contributed by atoms with Gasteiger partial charge < -0.3 is 10.1 Å². The van der Waals surface area contributed by atoms with Gasteiger partial charge >= 0.3 is 0 Å². The molecule has 118 valence electrons. The summed E-state index contributed by atoms with van der Waals surface area (Å²) in [5.74, 6) is 1.52. The number of para-hydroxylation sites is 2. The van der Waals surface area contributed by atoms with Crippen LogP contribution in [-0.4, -0.2) is 28.6 Å². The average Bonchev–Trinajstić information content (AvgIpc) is 3.05. The molecule has 0 spiro atoms. The molecule has 1 aromatic heterocycles. The van der Waals surface area contributed by atoms with Crippen molar-refractivity contribution in [1.29, 1.82) is 0 Å². The summed E-state index contributed by atoms with van der Waals surface area (Å²) >= 11 is 0. The number of rotatable bonds is 6. The lowest BCUT2D eigenvalue weighted by Gasteiger charge is -2.07. The predicted octanol–water partition coefficient (Wildman–Crippen LogP) is 3.24. The molecule has 5 heteroatoms. The van der Waals surface area contributed by atoms with E-state index in [2.05, 4.69) is 46.8 Å². The van der Waals surface area contributed by atoms with Crippen molar-refractivity contribution in [3.8, 4) is 11.4 Å². The first-order valence-electron chi connectivity index (χ1n) is 7.62. The smallest absolute Gasteiger partial charge is 0.169 e. The first-order valence-corrected chi connectivity index (χ1v) is 7.62. The van der Waals surface area contributed by atoms with E-state index in [0.29, 0.717) is 0 Å². The van der Waals surface area contributed by atoms with Gasteiger partial charge in [0.1, 0.15) is 11.4 Å². The van der Waals surface area contributed by atoms with E-state index in [9.17, 15) is 0 Å². The summed E-state index contributed by atoms with van der Waals surface area (Å²) < 4.78 is 7.07. The van der Waals surface area contributed by atoms with Crippen molar-refractivity contribution in [3.05, 3.63) is 65.9 Å². The molecule has 0 saturated carbocycles. The van der Waals surface area contributed by atoms with Crippen LogP contribution >= 0.6 is 0 Å². The monoisotopic (exact) mass is 308 g/mol. The summed E-state index contributed by atoms with van der Waals surface area (Å²) in [6, 6.07) is 16.2. The molecule has 0 amide bonds. The Labute approximate surface area is 135 Å². The van der Waals surface area contributed by atoms with Gasteiger partial charge in [0.15, 0.2) is 5.82 Å². The Morgan fingerprint density at radius 3 is 2.70 bits per heavy atom. The Balaban J connectivity index is 1.65. The maximum atomic E-state index is 5.35. The second-order valence-electron chi connectivity index (χ2n) is 5.32. The Hall–Kier alpha value is -2.82. The maximum Gasteiger partial charge on any atom is 0.169 e. The number of nitrogens with zero attached hydrogens (tertiary/aromatic N) is 3. The zero-order valence-corrected chi connectivity index (χ0v) is 13.4. The SMILES string of the molecule is COc1ccccc1-n1cc(NCCc2ccccc2C)nn1. The van der Waals surface area contributed by atoms with Crippen LogP contribution in [0.5, 0.6) is 5.75 Å². The van der Waals surface area contributed by atoms with Gasteiger partial charge in [-0.1, -0.05) is 41.6 Å². The van der Waals surface area contributed by atoms with Crippen molar-refractivity contribution in [3.63, 3.8) is 0 Å². The Morgan fingerprint density at radius 1 is 1.09 bits per heavy atom. The average molecular weight is 308 g/mol. The van der Waals surface area contributed by atoms with Gasteiger partial charge in [-0.2, -0.15) is 0 Å². The molecule has 0 fully saturated rings. The summed E-state index contributed by atoms with van der Waals surface area (Å²) in [7, 11) is 1.65. The van der Waals surface area contributed by atoms with E-state index in [4.69, 9.17) is 4.74 Å². The molecule has 3 aromatic rings. The zero-order chi connectivity index (χ0) is 16.1. The highest BCUT2D eigenvalue weighted by Crippen LogP contribution is 2.21. The van der Waals surface area contributed by atoms with Crippen LogP contribution in [0.25, 0.3) is 5.69 Å². The van der Waals surface area contributed by atoms with Gasteiger partial charge in [-0.3, -0.25) is 0 Å². The molecule has 0 saturated heterocycles. The van der Waals surface area contributed by atoms with E-state index in [1.165, 1.54) is 11.1 Å². The van der Waals surface area contributed by atoms with Crippen LogP contribution in [0.4, 0.5) is 5.82 Å². The number of methoxy groups -OCH3 is 1. The number of aryl methyl sites for hydroxylation is 1. The van der Waals surface area contributed by atoms with Crippen LogP contribution in [0.1, 0.15) is 11.1 Å². The molecular weight excluding hydrogens is 288 g/mol. The first-order chi connectivity index (χ1) is 11.3. The molecule has 0 aliphatic heterocycles. The minimum Gasteiger partial charge on any atom is -0.494 e. The number of hydrogen-bond donors (Lipinski definition) is 1. The molecule has 2 aromatic carbocycles. The van der Waals surface area contributed by atoms with Crippen molar-refractivity contribution >= 4 is 5.82 Å². The molecule has 5 nitrogen and oxygen atoms in total. The van der Waals surface area contributed by atoms with Gasteiger partial charge in [0.2, 0.25) is 0 Å². The van der Waals surface area contributed by atoms with Crippen LogP contribution in [0.15, 0.2) is 54.7 Å². The minimum absolute atomic E-state index is 0.754. The summed E-state index contributed by atoms with van der Waals surface area (Å²) in [4.78, 5) is 0. The normalized spacial score (nSPS) is 10.5. The van der Waals surface area contributed by atoms with Crippen LogP contribution in [-0.2, 0) is 6.42 Å². The van der Waals surface area contributed by atoms with Crippen LogP contribution < -0.4 is 10.1 Å². The number of ether oxygens (including phenoxy) is 1. The van der Waals surface area contributed by atoms with Crippen molar-refractivity contribution in [2.45, 2.75) is 13.3 Å². The molecule has 0 bridgehead atoms. The minimum atomic E-state index is 0.754. The molecule has 1 N–H and O–H groups in total. The maximum absolute atomic E-state index is 5.35. The lowest BCUT2D eigenvalue weighted by Crippen LogP contribution is -2.06. The molecule has 0 aliphatic rings. The van der Waals surface area contributed by atoms with Crippen LogP contribution in [0.3, 0.4) is 0 Å². The van der Waals surface area contributed by atoms with Gasteiger partial charge in [0.25, 0.3) is 0 Å². The van der Waals surface area contributed by atoms with E-state index >= 15 is 0 Å². The fourth-order valence-corrected chi connectivity index (χ4v) is 2.50. The summed E-state index contributed by atoms with van der Waals surface area (Å²) in [6.45, 7) is 2.95. The van der Waals surface area contributed by atoms with Crippen molar-refractivity contribution in [2.75, 3.05) is 19.0 Å². The number of anilines is 1. The predicted molar refractivity (Wildman–Crippen MR) is 91.3 cm³/mol. The fourth-order valence-electron chi connectivity index (χ4n) is 2.50. The van der Waals surface area contributed by atoms with Gasteiger partial charge in [-0.25, -0.2) is 4.68 Å². The van der Waals surface area contributed by atoms with Gasteiger partial charge in [-0.05, 0) is 36.6 Å². The molecule has 0 atom stereocenters. The van der Waals surface area contributed by atoms with Crippen LogP contribution in [0.2, 0.25) is 0 Å². The largest absolute Gasteiger partial charge is 0.494 e. The highest BCUT2D eigenvalue weighted by Gasteiger charge is 2.07. The molecule has 3 rings (SSSR count). The standard InChI is InChI=1S/C18H20N4O/c1-14-7-3-4-8-15(14)11-12-19-18-13-22(21-20-18)16-9-5-6-10-17(16)23-2/h3-10,13,19H,11-12H2,1-2H3. The number of hydrogen-bond acceptors (Lipinski definition) is 4. The van der Waals surface area contributed by atoms with E-state index in [1.807, 2.05) is 30.5 Å². The van der Waals surface area contributed by atoms with Crippen molar-refractivity contribution < 1.29 is 4.74 Å². The quantitative estimate of drug-likeness (QED) is 0.759. The summed E-state index contributed by atoms with van der Waals surface area (Å²) in [6.07, 6.45) is 2.82. The van der Waals surface area contributed by atoms with E-state index < -0.39 is 0 Å². The zero-order valence-electron chi connectivity index (χ0n) is 13.4. The summed E-state index contributed by atoms with van der Waals surface area (Å²) in [5, 5.41) is 11.6. The third-order valence-corrected chi connectivity index (χ3v) is 3.79.